The average Bonchev–Trinajstić information content (AvgIpc) is 2.17. The van der Waals surface area contributed by atoms with Gasteiger partial charge in [-0.25, -0.2) is 0 Å². The van der Waals surface area contributed by atoms with Gasteiger partial charge in [0.15, 0.2) is 8.08 Å². The molecule has 1 heterocycles. The predicted molar refractivity (Wildman–Crippen MR) is 52.3 cm³/mol. The van der Waals surface area contributed by atoms with Gasteiger partial charge in [-0.1, -0.05) is 0 Å². The van der Waals surface area contributed by atoms with Gasteiger partial charge < -0.3 is 4.52 Å². The van der Waals surface area contributed by atoms with E-state index in [4.69, 9.17) is 4.52 Å². The molecule has 0 aliphatic rings. The number of hydrogen-bond donors (Lipinski definition) is 1. The molecule has 1 aromatic rings. The van der Waals surface area contributed by atoms with Gasteiger partial charge in [-0.2, -0.15) is 30.6 Å². The van der Waals surface area contributed by atoms with E-state index >= 15 is 0 Å². The zero-order chi connectivity index (χ0) is 12.4. The van der Waals surface area contributed by atoms with Crippen molar-refractivity contribution in [3.05, 3.63) is 0 Å². The summed E-state index contributed by atoms with van der Waals surface area (Å²) < 4.78 is 72.9. The quantitative estimate of drug-likeness (QED) is 0.868. The molecule has 16 heavy (non-hydrogen) atoms. The third kappa shape index (κ3) is 2.77. The van der Waals surface area contributed by atoms with Crippen LogP contribution in [0.3, 0.4) is 0 Å². The highest BCUT2D eigenvalue weighted by atomic mass is 31.2. The first-order valence-electron chi connectivity index (χ1n) is 3.89. The second kappa shape index (κ2) is 5.05. The molecule has 12 heteroatoms. The third-order valence-electron chi connectivity index (χ3n) is 1.34. The smallest absolute Gasteiger partial charge is 0.305 e. The molecule has 0 bridgehead atoms. The number of nitrogens with one attached hydrogen (secondary N) is 1. The molecule has 0 fully saturated rings. The van der Waals surface area contributed by atoms with Gasteiger partial charge in [0.2, 0.25) is 0 Å². The molecule has 0 aliphatic heterocycles. The van der Waals surface area contributed by atoms with Gasteiger partial charge in [-0.15, -0.1) is 0 Å². The van der Waals surface area contributed by atoms with Crippen molar-refractivity contribution in [2.75, 3.05) is 6.61 Å². The van der Waals surface area contributed by atoms with Crippen LogP contribution in [0.25, 0.3) is 0 Å². The van der Waals surface area contributed by atoms with Crippen molar-refractivity contribution in [1.82, 2.24) is 13.1 Å². The van der Waals surface area contributed by atoms with Crippen molar-refractivity contribution in [3.63, 3.8) is 0 Å². The lowest BCUT2D eigenvalue weighted by molar-refractivity contribution is -0.317. The van der Waals surface area contributed by atoms with E-state index in [9.17, 15) is 22.0 Å². The van der Waals surface area contributed by atoms with Crippen LogP contribution in [0.15, 0.2) is 0 Å². The molecule has 0 aromatic carbocycles. The standard InChI is InChI=1S/C4H7F5N3OP3/c1-2-13-16-11-14-10-15-12(16)4(8,9)3(5,6)7/h11,14H,2H2,1H3. The molecule has 1 aromatic heterocycles. The van der Waals surface area contributed by atoms with Crippen LogP contribution in [0.5, 0.6) is 0 Å². The second-order valence-electron chi connectivity index (χ2n) is 2.43. The molecule has 0 spiro atoms. The van der Waals surface area contributed by atoms with Gasteiger partial charge in [-0.05, 0) is 6.92 Å². The largest absolute Gasteiger partial charge is 0.476 e. The number of halogens is 5. The molecule has 2 unspecified atom stereocenters. The molecular formula is C4H7F5N3OP3. The van der Waals surface area contributed by atoms with Crippen LogP contribution in [0.2, 0.25) is 0 Å². The Kier molecular flexibility index (Phi) is 4.41. The van der Waals surface area contributed by atoms with Gasteiger partial charge in [0.1, 0.15) is 8.51 Å². The minimum absolute atomic E-state index is 0.0448. The first-order valence-corrected chi connectivity index (χ1v) is 6.85. The third-order valence-corrected chi connectivity index (χ3v) is 5.51. The van der Waals surface area contributed by atoms with Gasteiger partial charge in [0, 0.05) is 8.51 Å². The molecular weight excluding hydrogens is 294 g/mol. The predicted octanol–water partition coefficient (Wildman–Crippen LogP) is 3.49. The Bertz CT molecular complexity index is 374. The molecule has 0 radical (unpaired) electrons. The van der Waals surface area contributed by atoms with Crippen LogP contribution in [0.1, 0.15) is 6.92 Å². The van der Waals surface area contributed by atoms with E-state index in [1.54, 1.807) is 0 Å². The minimum Gasteiger partial charge on any atom is -0.305 e. The van der Waals surface area contributed by atoms with Crippen LogP contribution in [-0.2, 0) is 6.05 Å². The fourth-order valence-electron chi connectivity index (χ4n) is 0.706. The summed E-state index contributed by atoms with van der Waals surface area (Å²) in [6, 6.07) is -4.95. The van der Waals surface area contributed by atoms with Crippen LogP contribution >= 0.6 is 25.1 Å². The van der Waals surface area contributed by atoms with E-state index < -0.39 is 28.8 Å². The van der Waals surface area contributed by atoms with Crippen LogP contribution < -0.4 is 4.52 Å². The van der Waals surface area contributed by atoms with Crippen LogP contribution in [0, 0.1) is 0 Å². The number of alkyl halides is 5. The molecule has 0 aliphatic carbocycles. The van der Waals surface area contributed by atoms with Crippen molar-refractivity contribution in [1.29, 1.82) is 0 Å². The first kappa shape index (κ1) is 14.0. The molecule has 1 N–H and O–H groups in total. The number of hydrogen-bond acceptors (Lipinski definition) is 2. The van der Waals surface area contributed by atoms with E-state index in [0.29, 0.717) is 0 Å². The van der Waals surface area contributed by atoms with E-state index in [0.717, 1.165) is 0 Å². The Balaban J connectivity index is 3.21. The highest BCUT2D eigenvalue weighted by molar-refractivity contribution is 7.51. The maximum Gasteiger partial charge on any atom is 0.476 e. The first-order chi connectivity index (χ1) is 7.30. The average molecular weight is 301 g/mol. The zero-order valence-electron chi connectivity index (χ0n) is 7.79. The summed E-state index contributed by atoms with van der Waals surface area (Å²) in [5, 5.41) is 0. The minimum atomic E-state index is -5.64. The maximum absolute atomic E-state index is 13.0. The molecule has 4 nitrogen and oxygen atoms in total. The van der Waals surface area contributed by atoms with Gasteiger partial charge in [0.05, 0.1) is 6.61 Å². The lowest BCUT2D eigenvalue weighted by Crippen LogP contribution is -2.38. The molecule has 0 saturated carbocycles. The zero-order valence-corrected chi connectivity index (χ0v) is 10.6. The van der Waals surface area contributed by atoms with Gasteiger partial charge in [-0.3, -0.25) is 4.51 Å². The summed E-state index contributed by atoms with van der Waals surface area (Å²) in [7, 11) is -2.84. The van der Waals surface area contributed by atoms with Crippen molar-refractivity contribution >= 4 is 25.1 Å². The Hall–Kier alpha value is -0.0900. The summed E-state index contributed by atoms with van der Waals surface area (Å²) in [5.41, 5.74) is 0. The lowest BCUT2D eigenvalue weighted by atomic mass is 10.6. The van der Waals surface area contributed by atoms with Gasteiger partial charge in [0.25, 0.3) is 0 Å². The number of aromatic amines is 1. The maximum atomic E-state index is 13.0. The number of H-pyrrole nitrogens is 1. The van der Waals surface area contributed by atoms with E-state index in [2.05, 4.69) is 9.02 Å². The Morgan fingerprint density at radius 3 is 2.56 bits per heavy atom. The van der Waals surface area contributed by atoms with Crippen molar-refractivity contribution in [2.24, 2.45) is 0 Å². The summed E-state index contributed by atoms with van der Waals surface area (Å²) in [6.07, 6.45) is -5.64. The molecule has 0 saturated heterocycles. The summed E-state index contributed by atoms with van der Waals surface area (Å²) in [6.45, 7) is 1.56. The monoisotopic (exact) mass is 301 g/mol. The van der Waals surface area contributed by atoms with Crippen LogP contribution in [-0.4, -0.2) is 25.9 Å². The Labute approximate surface area is 91.2 Å². The molecule has 0 amide bonds. The summed E-state index contributed by atoms with van der Waals surface area (Å²) in [5.74, 6) is 0. The summed E-state index contributed by atoms with van der Waals surface area (Å²) >= 11 is 0. The molecule has 1 rings (SSSR count). The Morgan fingerprint density at radius 2 is 2.06 bits per heavy atom. The van der Waals surface area contributed by atoms with E-state index in [-0.39, 0.29) is 19.2 Å². The Morgan fingerprint density at radius 1 is 1.44 bits per heavy atom. The SMILES string of the molecule is CCOp1[nH][pH]npn1C(F)(F)C(F)(F)F. The van der Waals surface area contributed by atoms with Crippen molar-refractivity contribution in [3.8, 4) is 0 Å². The molecule has 2 atom stereocenters. The highest BCUT2D eigenvalue weighted by Crippen LogP contribution is 2.45. The van der Waals surface area contributed by atoms with Crippen molar-refractivity contribution in [2.45, 2.75) is 19.1 Å². The van der Waals surface area contributed by atoms with E-state index in [1.807, 2.05) is 0 Å². The normalized spacial score (nSPS) is 15.0. The van der Waals surface area contributed by atoms with Crippen molar-refractivity contribution < 1.29 is 26.5 Å². The van der Waals surface area contributed by atoms with Crippen LogP contribution in [0.4, 0.5) is 22.0 Å². The number of rotatable bonds is 3. The van der Waals surface area contributed by atoms with Gasteiger partial charge >= 0.3 is 12.2 Å². The highest BCUT2D eigenvalue weighted by Gasteiger charge is 2.60. The fourth-order valence-corrected chi connectivity index (χ4v) is 4.91. The van der Waals surface area contributed by atoms with E-state index in [1.165, 1.54) is 6.92 Å². The fraction of sp³-hybridized carbons (Fsp3) is 1.00. The number of nitrogens with zero attached hydrogens (tertiary/aromatic N) is 2. The topological polar surface area (TPSA) is 42.8 Å². The lowest BCUT2D eigenvalue weighted by Gasteiger charge is -2.22. The summed E-state index contributed by atoms with van der Waals surface area (Å²) in [4.78, 5) is 0. The second-order valence-corrected chi connectivity index (χ2v) is 6.45. The molecule has 94 valence electrons. The number of aromatic nitrogens is 3.